The van der Waals surface area contributed by atoms with Crippen molar-refractivity contribution in [1.82, 2.24) is 10.2 Å². The topological polar surface area (TPSA) is 58.6 Å². The zero-order chi connectivity index (χ0) is 12.3. The zero-order valence-corrected chi connectivity index (χ0v) is 8.50. The molecular weight excluding hydrogens is 229 g/mol. The number of rotatable bonds is 1. The predicted octanol–water partition coefficient (Wildman–Crippen LogP) is -0.478. The quantitative estimate of drug-likeness (QED) is 0.629. The highest BCUT2D eigenvalue weighted by Crippen LogP contribution is 2.21. The molecule has 0 spiro atoms. The van der Waals surface area contributed by atoms with Crippen molar-refractivity contribution in [3.05, 3.63) is 0 Å². The molecule has 1 fully saturated rings. The van der Waals surface area contributed by atoms with Crippen molar-refractivity contribution < 1.29 is 27.5 Å². The van der Waals surface area contributed by atoms with Crippen molar-refractivity contribution in [2.75, 3.05) is 26.7 Å². The van der Waals surface area contributed by atoms with Gasteiger partial charge in [0.25, 0.3) is 0 Å². The van der Waals surface area contributed by atoms with Gasteiger partial charge in [-0.25, -0.2) is 4.79 Å². The van der Waals surface area contributed by atoms with Crippen molar-refractivity contribution in [3.63, 3.8) is 0 Å². The smallest absolute Gasteiger partial charge is 0.467 e. The minimum absolute atomic E-state index is 0.0332. The second-order valence-corrected chi connectivity index (χ2v) is 3.24. The molecule has 0 aliphatic carbocycles. The molecule has 1 heterocycles. The van der Waals surface area contributed by atoms with Crippen LogP contribution in [0.15, 0.2) is 0 Å². The van der Waals surface area contributed by atoms with Crippen LogP contribution in [0.2, 0.25) is 0 Å². The summed E-state index contributed by atoms with van der Waals surface area (Å²) in [6, 6.07) is -1.21. The third-order valence-corrected chi connectivity index (χ3v) is 2.22. The van der Waals surface area contributed by atoms with E-state index in [1.807, 2.05) is 0 Å². The molecule has 1 amide bonds. The minimum atomic E-state index is -4.97. The summed E-state index contributed by atoms with van der Waals surface area (Å²) in [6.45, 7) is 0.0158. The van der Waals surface area contributed by atoms with Gasteiger partial charge in [0.1, 0.15) is 6.04 Å². The molecule has 1 aliphatic rings. The van der Waals surface area contributed by atoms with Gasteiger partial charge in [0, 0.05) is 19.6 Å². The van der Waals surface area contributed by atoms with E-state index < -0.39 is 24.1 Å². The maximum Gasteiger partial charge on any atom is 0.471 e. The molecule has 92 valence electrons. The fourth-order valence-electron chi connectivity index (χ4n) is 1.46. The normalized spacial score (nSPS) is 21.8. The van der Waals surface area contributed by atoms with Crippen LogP contribution in [0, 0.1) is 0 Å². The second kappa shape index (κ2) is 4.69. The van der Waals surface area contributed by atoms with Gasteiger partial charge < -0.3 is 15.0 Å². The Balaban J connectivity index is 2.82. The number of nitrogens with one attached hydrogen (secondary N) is 1. The molecule has 1 unspecified atom stereocenters. The largest absolute Gasteiger partial charge is 0.471 e. The molecule has 1 saturated heterocycles. The number of esters is 1. The monoisotopic (exact) mass is 240 g/mol. The van der Waals surface area contributed by atoms with E-state index in [0.29, 0.717) is 4.90 Å². The van der Waals surface area contributed by atoms with Crippen molar-refractivity contribution in [2.24, 2.45) is 0 Å². The first-order valence-corrected chi connectivity index (χ1v) is 4.54. The Bertz CT molecular complexity index is 293. The molecule has 0 aromatic carbocycles. The maximum atomic E-state index is 12.2. The molecule has 1 atom stereocenters. The number of carbonyl (C=O) groups is 2. The third kappa shape index (κ3) is 2.63. The van der Waals surface area contributed by atoms with Crippen LogP contribution in [0.4, 0.5) is 13.2 Å². The Morgan fingerprint density at radius 3 is 2.56 bits per heavy atom. The van der Waals surface area contributed by atoms with E-state index in [9.17, 15) is 22.8 Å². The lowest BCUT2D eigenvalue weighted by Crippen LogP contribution is -2.59. The molecule has 5 nitrogen and oxygen atoms in total. The molecule has 0 aromatic rings. The molecule has 1 rings (SSSR count). The first-order chi connectivity index (χ1) is 7.38. The van der Waals surface area contributed by atoms with Gasteiger partial charge in [0.15, 0.2) is 0 Å². The molecule has 8 heteroatoms. The van der Waals surface area contributed by atoms with Crippen LogP contribution in [-0.4, -0.2) is 55.7 Å². The van der Waals surface area contributed by atoms with E-state index in [1.165, 1.54) is 0 Å². The third-order valence-electron chi connectivity index (χ3n) is 2.22. The summed E-state index contributed by atoms with van der Waals surface area (Å²) in [5, 5.41) is 2.72. The Kier molecular flexibility index (Phi) is 3.74. The van der Waals surface area contributed by atoms with E-state index >= 15 is 0 Å². The summed E-state index contributed by atoms with van der Waals surface area (Å²) >= 11 is 0. The number of halogens is 3. The number of amides is 1. The lowest BCUT2D eigenvalue weighted by atomic mass is 10.2. The second-order valence-electron chi connectivity index (χ2n) is 3.24. The summed E-state index contributed by atoms with van der Waals surface area (Å²) in [5.41, 5.74) is 0. The zero-order valence-electron chi connectivity index (χ0n) is 8.50. The van der Waals surface area contributed by atoms with Crippen molar-refractivity contribution in [3.8, 4) is 0 Å². The van der Waals surface area contributed by atoms with Crippen molar-refractivity contribution in [2.45, 2.75) is 12.2 Å². The average Bonchev–Trinajstić information content (AvgIpc) is 2.25. The van der Waals surface area contributed by atoms with Crippen LogP contribution in [-0.2, 0) is 14.3 Å². The molecule has 0 radical (unpaired) electrons. The molecule has 1 N–H and O–H groups in total. The number of alkyl halides is 3. The number of hydrogen-bond donors (Lipinski definition) is 1. The van der Waals surface area contributed by atoms with Gasteiger partial charge in [-0.15, -0.1) is 0 Å². The van der Waals surface area contributed by atoms with Gasteiger partial charge in [-0.05, 0) is 0 Å². The number of carbonyl (C=O) groups excluding carboxylic acids is 2. The van der Waals surface area contributed by atoms with Gasteiger partial charge >= 0.3 is 18.1 Å². The molecule has 0 saturated carbocycles. The lowest BCUT2D eigenvalue weighted by molar-refractivity contribution is -0.191. The molecule has 16 heavy (non-hydrogen) atoms. The van der Waals surface area contributed by atoms with Gasteiger partial charge in [-0.1, -0.05) is 0 Å². The summed E-state index contributed by atoms with van der Waals surface area (Å²) in [7, 11) is 1.06. The number of nitrogens with zero attached hydrogens (tertiary/aromatic N) is 1. The van der Waals surface area contributed by atoms with Crippen LogP contribution < -0.4 is 5.32 Å². The summed E-state index contributed by atoms with van der Waals surface area (Å²) < 4.78 is 41.0. The molecule has 1 aliphatic heterocycles. The number of ether oxygens (including phenoxy) is 1. The van der Waals surface area contributed by atoms with Gasteiger partial charge in [0.05, 0.1) is 7.11 Å². The highest BCUT2D eigenvalue weighted by Gasteiger charge is 2.47. The first kappa shape index (κ1) is 12.8. The highest BCUT2D eigenvalue weighted by atomic mass is 19.4. The first-order valence-electron chi connectivity index (χ1n) is 4.54. The van der Waals surface area contributed by atoms with Crippen LogP contribution >= 0.6 is 0 Å². The summed E-state index contributed by atoms with van der Waals surface area (Å²) in [6.07, 6.45) is -4.97. The Labute approximate surface area is 89.5 Å². The molecule has 0 aromatic heterocycles. The number of methoxy groups -OCH3 is 1. The van der Waals surface area contributed by atoms with E-state index in [0.717, 1.165) is 7.11 Å². The van der Waals surface area contributed by atoms with Crippen LogP contribution in [0.25, 0.3) is 0 Å². The van der Waals surface area contributed by atoms with Gasteiger partial charge in [-0.3, -0.25) is 4.79 Å². The van der Waals surface area contributed by atoms with Crippen molar-refractivity contribution >= 4 is 11.9 Å². The predicted molar refractivity (Wildman–Crippen MR) is 46.4 cm³/mol. The van der Waals surface area contributed by atoms with E-state index in [2.05, 4.69) is 10.1 Å². The van der Waals surface area contributed by atoms with Crippen LogP contribution in [0.1, 0.15) is 0 Å². The Morgan fingerprint density at radius 1 is 1.44 bits per heavy atom. The van der Waals surface area contributed by atoms with E-state index in [1.54, 1.807) is 0 Å². The SMILES string of the molecule is COC(=O)C1CNCCN1C(=O)C(F)(F)F. The highest BCUT2D eigenvalue weighted by molar-refractivity contribution is 5.88. The fourth-order valence-corrected chi connectivity index (χ4v) is 1.46. The lowest BCUT2D eigenvalue weighted by Gasteiger charge is -2.34. The number of hydrogen-bond acceptors (Lipinski definition) is 4. The van der Waals surface area contributed by atoms with Crippen LogP contribution in [0.5, 0.6) is 0 Å². The fraction of sp³-hybridized carbons (Fsp3) is 0.750. The maximum absolute atomic E-state index is 12.2. The minimum Gasteiger partial charge on any atom is -0.467 e. The standard InChI is InChI=1S/C8H11F3N2O3/c1-16-6(14)5-4-12-2-3-13(5)7(15)8(9,10)11/h5,12H,2-4H2,1H3. The number of piperazine rings is 1. The Morgan fingerprint density at radius 2 is 2.06 bits per heavy atom. The average molecular weight is 240 g/mol. The van der Waals surface area contributed by atoms with Gasteiger partial charge in [-0.2, -0.15) is 13.2 Å². The van der Waals surface area contributed by atoms with Crippen molar-refractivity contribution in [1.29, 1.82) is 0 Å². The van der Waals surface area contributed by atoms with E-state index in [4.69, 9.17) is 0 Å². The van der Waals surface area contributed by atoms with Crippen LogP contribution in [0.3, 0.4) is 0 Å². The van der Waals surface area contributed by atoms with E-state index in [-0.39, 0.29) is 19.6 Å². The Hall–Kier alpha value is -1.31. The molecular formula is C8H11F3N2O3. The van der Waals surface area contributed by atoms with Gasteiger partial charge in [0.2, 0.25) is 0 Å². The summed E-state index contributed by atoms with van der Waals surface area (Å²) in [4.78, 5) is 22.7. The molecule has 0 bridgehead atoms. The summed E-state index contributed by atoms with van der Waals surface area (Å²) in [5.74, 6) is -2.87.